The Labute approximate surface area is 113 Å². The van der Waals surface area contributed by atoms with Gasteiger partial charge in [0.25, 0.3) is 12.4 Å². The Morgan fingerprint density at radius 2 is 2.10 bits per heavy atom. The first-order chi connectivity index (χ1) is 9.36. The highest BCUT2D eigenvalue weighted by atomic mass is 19.3. The maximum atomic E-state index is 13.8. The highest BCUT2D eigenvalue weighted by Gasteiger charge is 2.64. The molecule has 1 fully saturated rings. The molecule has 1 heterocycles. The number of nitrogen functional groups attached to an aromatic ring is 1. The second-order valence-electron chi connectivity index (χ2n) is 5.25. The molecule has 0 spiro atoms. The van der Waals surface area contributed by atoms with E-state index in [4.69, 9.17) is 16.2 Å². The first-order valence-corrected chi connectivity index (χ1v) is 6.22. The number of halogens is 3. The third-order valence-corrected chi connectivity index (χ3v) is 4.00. The van der Waals surface area contributed by atoms with Crippen molar-refractivity contribution in [2.75, 3.05) is 5.73 Å². The molecule has 1 saturated carbocycles. The molecule has 2 aliphatic rings. The number of hydrogen-bond donors (Lipinski definition) is 2. The molecule has 0 radical (unpaired) electrons. The molecule has 1 aliphatic heterocycles. The monoisotopic (exact) mass is 285 g/mol. The molecule has 4 nitrogen and oxygen atoms in total. The first-order valence-electron chi connectivity index (χ1n) is 6.22. The second kappa shape index (κ2) is 4.04. The highest BCUT2D eigenvalue weighted by Crippen LogP contribution is 2.56. The number of anilines is 1. The van der Waals surface area contributed by atoms with Gasteiger partial charge in [0.05, 0.1) is 0 Å². The summed E-state index contributed by atoms with van der Waals surface area (Å²) < 4.78 is 46.5. The number of ether oxygens (including phenoxy) is 1. The van der Waals surface area contributed by atoms with Crippen LogP contribution in [0.4, 0.5) is 18.9 Å². The predicted octanol–water partition coefficient (Wildman–Crippen LogP) is 1.91. The third-order valence-electron chi connectivity index (χ3n) is 4.00. The topological polar surface area (TPSA) is 73.6 Å². The quantitative estimate of drug-likeness (QED) is 0.815. The average Bonchev–Trinajstić information content (AvgIpc) is 3.11. The number of hydrogen-bond acceptors (Lipinski definition) is 4. The van der Waals surface area contributed by atoms with Crippen LogP contribution in [0.2, 0.25) is 0 Å². The van der Waals surface area contributed by atoms with E-state index in [1.54, 1.807) is 0 Å². The normalized spacial score (nSPS) is 31.6. The van der Waals surface area contributed by atoms with Gasteiger partial charge in [0.1, 0.15) is 11.9 Å². The Morgan fingerprint density at radius 3 is 2.75 bits per heavy atom. The van der Waals surface area contributed by atoms with Crippen molar-refractivity contribution in [2.45, 2.75) is 31.4 Å². The van der Waals surface area contributed by atoms with E-state index >= 15 is 0 Å². The van der Waals surface area contributed by atoms with E-state index in [-0.39, 0.29) is 28.9 Å². The van der Waals surface area contributed by atoms with E-state index in [1.165, 1.54) is 13.0 Å². The summed E-state index contributed by atoms with van der Waals surface area (Å²) >= 11 is 0. The van der Waals surface area contributed by atoms with E-state index in [2.05, 4.69) is 4.99 Å². The van der Waals surface area contributed by atoms with Gasteiger partial charge in [0.15, 0.2) is 5.54 Å². The molecular weight excluding hydrogens is 271 g/mol. The van der Waals surface area contributed by atoms with Crippen LogP contribution in [0.3, 0.4) is 0 Å². The van der Waals surface area contributed by atoms with Crippen molar-refractivity contribution in [1.82, 2.24) is 0 Å². The van der Waals surface area contributed by atoms with Crippen LogP contribution in [-0.4, -0.2) is 18.6 Å². The lowest BCUT2D eigenvalue weighted by Gasteiger charge is -2.34. The van der Waals surface area contributed by atoms with Gasteiger partial charge in [-0.3, -0.25) is 0 Å². The van der Waals surface area contributed by atoms with Gasteiger partial charge in [-0.25, -0.2) is 18.2 Å². The summed E-state index contributed by atoms with van der Waals surface area (Å²) in [7, 11) is 0. The Kier molecular flexibility index (Phi) is 2.64. The molecule has 3 atom stereocenters. The van der Waals surface area contributed by atoms with Crippen LogP contribution in [0.25, 0.3) is 0 Å². The lowest BCUT2D eigenvalue weighted by atomic mass is 9.82. The van der Waals surface area contributed by atoms with Gasteiger partial charge in [-0.2, -0.15) is 0 Å². The summed E-state index contributed by atoms with van der Waals surface area (Å²) in [5.74, 6) is -1.13. The average molecular weight is 285 g/mol. The molecule has 20 heavy (non-hydrogen) atoms. The Morgan fingerprint density at radius 1 is 1.40 bits per heavy atom. The van der Waals surface area contributed by atoms with Gasteiger partial charge >= 0.3 is 0 Å². The number of amidine groups is 1. The van der Waals surface area contributed by atoms with Crippen molar-refractivity contribution < 1.29 is 17.9 Å². The Balaban J connectivity index is 2.25. The van der Waals surface area contributed by atoms with Crippen LogP contribution in [-0.2, 0) is 10.3 Å². The molecule has 1 aliphatic carbocycles. The Bertz CT molecular complexity index is 605. The summed E-state index contributed by atoms with van der Waals surface area (Å²) in [6.45, 7) is 1.44. The number of nitrogens with zero attached hydrogens (tertiary/aromatic N) is 1. The smallest absolute Gasteiger partial charge is 0.283 e. The summed E-state index contributed by atoms with van der Waals surface area (Å²) in [5.41, 5.74) is 9.51. The molecule has 0 saturated heterocycles. The summed E-state index contributed by atoms with van der Waals surface area (Å²) in [4.78, 5) is 3.85. The lowest BCUT2D eigenvalue weighted by Crippen LogP contribution is -2.43. The number of benzene rings is 1. The zero-order chi connectivity index (χ0) is 14.7. The molecule has 4 N–H and O–H groups in total. The van der Waals surface area contributed by atoms with Gasteiger partial charge in [0.2, 0.25) is 0 Å². The van der Waals surface area contributed by atoms with Gasteiger partial charge in [0, 0.05) is 11.6 Å². The fraction of sp³-hybridized carbons (Fsp3) is 0.462. The molecule has 1 aromatic carbocycles. The maximum absolute atomic E-state index is 13.8. The van der Waals surface area contributed by atoms with E-state index in [1.807, 2.05) is 0 Å². The third kappa shape index (κ3) is 1.65. The van der Waals surface area contributed by atoms with E-state index in [0.29, 0.717) is 6.42 Å². The molecular formula is C13H14F3N3O. The molecule has 0 bridgehead atoms. The maximum Gasteiger partial charge on any atom is 0.283 e. The zero-order valence-corrected chi connectivity index (χ0v) is 10.7. The molecule has 3 unspecified atom stereocenters. The molecule has 1 aromatic rings. The largest absolute Gasteiger partial charge is 0.462 e. The number of fused-ring (bicyclic) bond motifs is 1. The lowest BCUT2D eigenvalue weighted by molar-refractivity contribution is 0.0191. The van der Waals surface area contributed by atoms with Crippen LogP contribution in [0.1, 0.15) is 17.5 Å². The van der Waals surface area contributed by atoms with Crippen molar-refractivity contribution in [2.24, 2.45) is 16.6 Å². The van der Waals surface area contributed by atoms with Crippen LogP contribution in [0.15, 0.2) is 17.1 Å². The number of nitrogens with two attached hydrogens (primary N) is 2. The fourth-order valence-corrected chi connectivity index (χ4v) is 2.92. The van der Waals surface area contributed by atoms with Crippen molar-refractivity contribution >= 4 is 11.7 Å². The minimum absolute atomic E-state index is 0.0839. The van der Waals surface area contributed by atoms with Crippen LogP contribution in [0, 0.1) is 18.7 Å². The van der Waals surface area contributed by atoms with Gasteiger partial charge in [-0.15, -0.1) is 0 Å². The van der Waals surface area contributed by atoms with E-state index in [9.17, 15) is 13.2 Å². The summed E-state index contributed by atoms with van der Waals surface area (Å²) in [6.07, 6.45) is -2.78. The number of aliphatic imine (C=N–C) groups is 1. The first kappa shape index (κ1) is 13.1. The van der Waals surface area contributed by atoms with Crippen molar-refractivity contribution in [1.29, 1.82) is 0 Å². The fourth-order valence-electron chi connectivity index (χ4n) is 2.92. The van der Waals surface area contributed by atoms with Gasteiger partial charge < -0.3 is 16.2 Å². The summed E-state index contributed by atoms with van der Waals surface area (Å²) in [6, 6.07) is 2.17. The highest BCUT2D eigenvalue weighted by molar-refractivity contribution is 5.74. The van der Waals surface area contributed by atoms with Crippen LogP contribution >= 0.6 is 0 Å². The Hall–Kier alpha value is -1.92. The minimum atomic E-state index is -2.82. The summed E-state index contributed by atoms with van der Waals surface area (Å²) in [5, 5.41) is 0. The molecule has 0 amide bonds. The van der Waals surface area contributed by atoms with Crippen LogP contribution in [0.5, 0.6) is 0 Å². The molecule has 0 aromatic heterocycles. The molecule has 3 rings (SSSR count). The standard InChI is InChI=1S/C13H14F3N3O/c1-5-7(2-6(17)3-9(5)14)13(11(15)16)8-4-10(8)20-12(18)19-13/h2-3,8,10-11H,4,17H2,1H3,(H2,18,19). The van der Waals surface area contributed by atoms with Gasteiger partial charge in [-0.1, -0.05) is 0 Å². The van der Waals surface area contributed by atoms with Crippen molar-refractivity contribution in [3.05, 3.63) is 29.1 Å². The predicted molar refractivity (Wildman–Crippen MR) is 67.8 cm³/mol. The van der Waals surface area contributed by atoms with Crippen molar-refractivity contribution in [3.8, 4) is 0 Å². The number of rotatable bonds is 2. The number of alkyl halides is 2. The van der Waals surface area contributed by atoms with E-state index < -0.39 is 23.7 Å². The molecule has 7 heteroatoms. The minimum Gasteiger partial charge on any atom is -0.462 e. The SMILES string of the molecule is Cc1c(F)cc(N)cc1C1(C(F)F)N=C(N)OC2CC21. The van der Waals surface area contributed by atoms with E-state index in [0.717, 1.165) is 6.07 Å². The molecule has 108 valence electrons. The van der Waals surface area contributed by atoms with Crippen LogP contribution < -0.4 is 11.5 Å². The van der Waals surface area contributed by atoms with Crippen molar-refractivity contribution in [3.63, 3.8) is 0 Å². The van der Waals surface area contributed by atoms with Gasteiger partial charge in [-0.05, 0) is 36.6 Å². The second-order valence-corrected chi connectivity index (χ2v) is 5.25. The zero-order valence-electron chi connectivity index (χ0n) is 10.7.